The van der Waals surface area contributed by atoms with Crippen molar-refractivity contribution in [3.05, 3.63) is 59.2 Å². The van der Waals surface area contributed by atoms with Gasteiger partial charge in [-0.15, -0.1) is 0 Å². The number of fused-ring (bicyclic) bond motifs is 1. The zero-order valence-corrected chi connectivity index (χ0v) is 26.1. The van der Waals surface area contributed by atoms with Gasteiger partial charge in [0.15, 0.2) is 5.69 Å². The predicted molar refractivity (Wildman–Crippen MR) is 171 cm³/mol. The molecule has 5 heterocycles. The summed E-state index contributed by atoms with van der Waals surface area (Å²) in [6.07, 6.45) is 12.1. The third-order valence-corrected chi connectivity index (χ3v) is 10.4. The number of rotatable bonds is 7. The van der Waals surface area contributed by atoms with Crippen molar-refractivity contribution < 1.29 is 14.4 Å². The van der Waals surface area contributed by atoms with Gasteiger partial charge >= 0.3 is 0 Å². The number of benzene rings is 1. The Kier molecular flexibility index (Phi) is 8.44. The van der Waals surface area contributed by atoms with E-state index in [-0.39, 0.29) is 23.6 Å². The van der Waals surface area contributed by atoms with Crippen molar-refractivity contribution in [3.63, 3.8) is 0 Å². The lowest BCUT2D eigenvalue weighted by atomic mass is 9.88. The lowest BCUT2D eigenvalue weighted by molar-refractivity contribution is -0.134. The maximum absolute atomic E-state index is 13.0. The van der Waals surface area contributed by atoms with E-state index < -0.39 is 0 Å². The summed E-state index contributed by atoms with van der Waals surface area (Å²) >= 11 is 0. The standard InChI is InChI=1S/C34H44N8O3/c1-22-2-7-29-30(18-22)38-39-32(29)34(45)36-25-19-35-42(21-25)27-12-14-40(15-13-27)20-23-10-16-41(17-11-23)26-5-3-24(4-6-26)28-8-9-31(43)37-33(28)44/h3-6,19,21-23,27-28H,2,7-18,20H2,1H3,(H,36,45)(H,38,39)(H,37,43,44). The summed E-state index contributed by atoms with van der Waals surface area (Å²) in [5.74, 6) is 0.573. The van der Waals surface area contributed by atoms with E-state index in [1.807, 2.05) is 23.0 Å². The molecule has 3 fully saturated rings. The van der Waals surface area contributed by atoms with Crippen LogP contribution in [0, 0.1) is 11.8 Å². The molecule has 2 atom stereocenters. The lowest BCUT2D eigenvalue weighted by Gasteiger charge is -2.38. The molecular formula is C34H44N8O3. The number of carbonyl (C=O) groups is 3. The van der Waals surface area contributed by atoms with E-state index in [0.29, 0.717) is 36.4 Å². The highest BCUT2D eigenvalue weighted by Crippen LogP contribution is 2.31. The number of carbonyl (C=O) groups excluding carboxylic acids is 3. The molecule has 238 valence electrons. The van der Waals surface area contributed by atoms with Crippen molar-refractivity contribution in [1.82, 2.24) is 30.2 Å². The molecule has 0 bridgehead atoms. The van der Waals surface area contributed by atoms with Crippen LogP contribution in [-0.2, 0) is 22.4 Å². The van der Waals surface area contributed by atoms with Crippen molar-refractivity contribution in [2.75, 3.05) is 42.9 Å². The third kappa shape index (κ3) is 6.54. The molecule has 0 saturated carbocycles. The molecule has 3 amide bonds. The highest BCUT2D eigenvalue weighted by Gasteiger charge is 2.29. The minimum absolute atomic E-state index is 0.160. The van der Waals surface area contributed by atoms with E-state index in [4.69, 9.17) is 0 Å². The molecule has 0 radical (unpaired) electrons. The Balaban J connectivity index is 0.847. The van der Waals surface area contributed by atoms with Crippen LogP contribution in [0.4, 0.5) is 11.4 Å². The Hall–Kier alpha value is -3.99. The average Bonchev–Trinajstić information content (AvgIpc) is 3.69. The minimum Gasteiger partial charge on any atom is -0.372 e. The van der Waals surface area contributed by atoms with Gasteiger partial charge in [-0.1, -0.05) is 19.1 Å². The smallest absolute Gasteiger partial charge is 0.276 e. The minimum atomic E-state index is -0.232. The number of likely N-dealkylation sites (tertiary alicyclic amines) is 1. The second kappa shape index (κ2) is 12.8. The Labute approximate surface area is 264 Å². The van der Waals surface area contributed by atoms with Crippen LogP contribution in [0.25, 0.3) is 0 Å². The van der Waals surface area contributed by atoms with Crippen LogP contribution in [-0.4, -0.2) is 75.3 Å². The molecule has 3 aromatic rings. The number of amides is 3. The van der Waals surface area contributed by atoms with E-state index in [2.05, 4.69) is 54.8 Å². The summed E-state index contributed by atoms with van der Waals surface area (Å²) in [5.41, 5.74) is 5.60. The maximum atomic E-state index is 13.0. The molecule has 4 aliphatic rings. The Morgan fingerprint density at radius 2 is 1.76 bits per heavy atom. The molecule has 2 aromatic heterocycles. The van der Waals surface area contributed by atoms with Crippen molar-refractivity contribution in [2.45, 2.75) is 76.7 Å². The topological polar surface area (TPSA) is 128 Å². The van der Waals surface area contributed by atoms with Crippen LogP contribution in [0.2, 0.25) is 0 Å². The number of piperidine rings is 3. The van der Waals surface area contributed by atoms with Gasteiger partial charge in [-0.2, -0.15) is 10.2 Å². The second-order valence-electron chi connectivity index (χ2n) is 13.6. The molecule has 0 spiro atoms. The highest BCUT2D eigenvalue weighted by atomic mass is 16.2. The van der Waals surface area contributed by atoms with Gasteiger partial charge in [0, 0.05) is 62.3 Å². The summed E-state index contributed by atoms with van der Waals surface area (Å²) in [7, 11) is 0. The normalized spacial score (nSPS) is 23.5. The number of imide groups is 1. The number of H-pyrrole nitrogens is 1. The SMILES string of the molecule is CC1CCc2c(C(=O)Nc3cnn(C4CCN(CC5CCN(c6ccc(C7CCC(=O)NC7=O)cc6)CC5)CC4)c3)n[nH]c2C1. The molecule has 2 unspecified atom stereocenters. The predicted octanol–water partition coefficient (Wildman–Crippen LogP) is 4.06. The largest absolute Gasteiger partial charge is 0.372 e. The van der Waals surface area contributed by atoms with Crippen LogP contribution in [0.5, 0.6) is 0 Å². The van der Waals surface area contributed by atoms with Gasteiger partial charge < -0.3 is 15.1 Å². The fourth-order valence-electron chi connectivity index (χ4n) is 7.70. The molecular weight excluding hydrogens is 568 g/mol. The average molecular weight is 613 g/mol. The Morgan fingerprint density at radius 1 is 0.978 bits per heavy atom. The van der Waals surface area contributed by atoms with E-state index >= 15 is 0 Å². The Bertz CT molecular complexity index is 1530. The van der Waals surface area contributed by atoms with E-state index in [1.54, 1.807) is 6.20 Å². The maximum Gasteiger partial charge on any atom is 0.276 e. The number of nitrogens with zero attached hydrogens (tertiary/aromatic N) is 5. The van der Waals surface area contributed by atoms with Crippen LogP contribution < -0.4 is 15.5 Å². The van der Waals surface area contributed by atoms with Gasteiger partial charge in [-0.25, -0.2) is 0 Å². The number of aromatic amines is 1. The van der Waals surface area contributed by atoms with E-state index in [0.717, 1.165) is 87.3 Å². The van der Waals surface area contributed by atoms with Gasteiger partial charge in [0.1, 0.15) is 0 Å². The first kappa shape index (κ1) is 29.7. The first-order valence-electron chi connectivity index (χ1n) is 16.7. The van der Waals surface area contributed by atoms with Gasteiger partial charge in [0.25, 0.3) is 5.91 Å². The van der Waals surface area contributed by atoms with Crippen LogP contribution in [0.1, 0.15) is 91.1 Å². The van der Waals surface area contributed by atoms with Crippen LogP contribution in [0.15, 0.2) is 36.7 Å². The molecule has 1 aliphatic carbocycles. The summed E-state index contributed by atoms with van der Waals surface area (Å²) in [5, 5.41) is 17.5. The molecule has 3 saturated heterocycles. The molecule has 11 heteroatoms. The number of hydrogen-bond acceptors (Lipinski definition) is 7. The number of nitrogens with one attached hydrogen (secondary N) is 3. The zero-order valence-electron chi connectivity index (χ0n) is 26.1. The van der Waals surface area contributed by atoms with Crippen LogP contribution in [0.3, 0.4) is 0 Å². The summed E-state index contributed by atoms with van der Waals surface area (Å²) in [6, 6.07) is 8.69. The quantitative estimate of drug-likeness (QED) is 0.344. The summed E-state index contributed by atoms with van der Waals surface area (Å²) in [6.45, 7) is 7.59. The van der Waals surface area contributed by atoms with Crippen molar-refractivity contribution in [2.24, 2.45) is 11.8 Å². The fraction of sp³-hybridized carbons (Fsp3) is 0.559. The first-order chi connectivity index (χ1) is 21.9. The number of anilines is 2. The summed E-state index contributed by atoms with van der Waals surface area (Å²) in [4.78, 5) is 41.7. The van der Waals surface area contributed by atoms with Crippen molar-refractivity contribution >= 4 is 29.1 Å². The van der Waals surface area contributed by atoms with Gasteiger partial charge in [-0.05, 0) is 80.9 Å². The van der Waals surface area contributed by atoms with Crippen molar-refractivity contribution in [1.29, 1.82) is 0 Å². The van der Waals surface area contributed by atoms with Gasteiger partial charge in [0.05, 0.1) is 23.8 Å². The molecule has 7 rings (SSSR count). The van der Waals surface area contributed by atoms with Gasteiger partial charge in [-0.3, -0.25) is 29.5 Å². The van der Waals surface area contributed by atoms with Gasteiger partial charge in [0.2, 0.25) is 11.8 Å². The van der Waals surface area contributed by atoms with Crippen molar-refractivity contribution in [3.8, 4) is 0 Å². The third-order valence-electron chi connectivity index (χ3n) is 10.4. The number of aromatic nitrogens is 4. The monoisotopic (exact) mass is 612 g/mol. The van der Waals surface area contributed by atoms with E-state index in [9.17, 15) is 14.4 Å². The Morgan fingerprint density at radius 3 is 2.51 bits per heavy atom. The van der Waals surface area contributed by atoms with E-state index in [1.165, 1.54) is 18.5 Å². The zero-order chi connectivity index (χ0) is 30.9. The number of hydrogen-bond donors (Lipinski definition) is 3. The lowest BCUT2D eigenvalue weighted by Crippen LogP contribution is -2.42. The fourth-order valence-corrected chi connectivity index (χ4v) is 7.70. The molecule has 3 N–H and O–H groups in total. The molecule has 45 heavy (non-hydrogen) atoms. The first-order valence-corrected chi connectivity index (χ1v) is 16.7. The van der Waals surface area contributed by atoms with Crippen LogP contribution >= 0.6 is 0 Å². The molecule has 3 aliphatic heterocycles. The summed E-state index contributed by atoms with van der Waals surface area (Å²) < 4.78 is 2.03. The second-order valence-corrected chi connectivity index (χ2v) is 13.6. The highest BCUT2D eigenvalue weighted by molar-refractivity contribution is 6.04. The molecule has 1 aromatic carbocycles. The molecule has 11 nitrogen and oxygen atoms in total.